The summed E-state index contributed by atoms with van der Waals surface area (Å²) in [5.74, 6) is -1.61. The number of benzene rings is 1. The number of halogens is 4. The van der Waals surface area contributed by atoms with E-state index in [4.69, 9.17) is 14.6 Å². The Morgan fingerprint density at radius 3 is 2.33 bits per heavy atom. The van der Waals surface area contributed by atoms with Gasteiger partial charge in [-0.15, -0.1) is 10.2 Å². The monoisotopic (exact) mass is 550 g/mol. The number of carboxylic acid groups (broad SMARTS) is 1. The average Bonchev–Trinajstić information content (AvgIpc) is 3.35. The Kier molecular flexibility index (Phi) is 8.14. The van der Waals surface area contributed by atoms with Crippen LogP contribution in [0.3, 0.4) is 0 Å². The fourth-order valence-electron chi connectivity index (χ4n) is 4.87. The first kappa shape index (κ1) is 28.0. The van der Waals surface area contributed by atoms with Gasteiger partial charge in [0.05, 0.1) is 19.2 Å². The van der Waals surface area contributed by atoms with Gasteiger partial charge in [0.2, 0.25) is 0 Å². The number of rotatable bonds is 3. The number of amides is 1. The third-order valence-electron chi connectivity index (χ3n) is 6.72. The highest BCUT2D eigenvalue weighted by Crippen LogP contribution is 2.39. The van der Waals surface area contributed by atoms with E-state index in [1.54, 1.807) is 23.2 Å². The lowest BCUT2D eigenvalue weighted by Gasteiger charge is -2.48. The first-order valence-electron chi connectivity index (χ1n) is 12.0. The second-order valence-electron chi connectivity index (χ2n) is 9.27. The van der Waals surface area contributed by atoms with E-state index in [-0.39, 0.29) is 17.4 Å². The molecule has 2 aliphatic heterocycles. The summed E-state index contributed by atoms with van der Waals surface area (Å²) in [6, 6.07) is 10.4. The molecule has 4 heterocycles. The van der Waals surface area contributed by atoms with Crippen molar-refractivity contribution in [3.05, 3.63) is 66.0 Å². The number of ether oxygens (including phenoxy) is 1. The van der Waals surface area contributed by atoms with Crippen LogP contribution in [-0.4, -0.2) is 79.6 Å². The fourth-order valence-corrected chi connectivity index (χ4v) is 4.87. The number of carboxylic acids is 1. The normalized spacial score (nSPS) is 16.7. The van der Waals surface area contributed by atoms with Crippen LogP contribution >= 0.6 is 0 Å². The van der Waals surface area contributed by atoms with Gasteiger partial charge >= 0.3 is 18.2 Å². The van der Waals surface area contributed by atoms with Gasteiger partial charge in [-0.1, -0.05) is 6.07 Å². The van der Waals surface area contributed by atoms with Gasteiger partial charge in [0, 0.05) is 44.1 Å². The highest BCUT2D eigenvalue weighted by atomic mass is 19.4. The van der Waals surface area contributed by atoms with Gasteiger partial charge in [0.1, 0.15) is 5.82 Å². The molecule has 1 saturated heterocycles. The van der Waals surface area contributed by atoms with Crippen LogP contribution in [0.2, 0.25) is 0 Å². The molecule has 0 aliphatic carbocycles. The number of methoxy groups -OCH3 is 1. The maximum Gasteiger partial charge on any atom is 0.490 e. The van der Waals surface area contributed by atoms with Gasteiger partial charge in [0.15, 0.2) is 11.6 Å². The van der Waals surface area contributed by atoms with E-state index >= 15 is 0 Å². The zero-order chi connectivity index (χ0) is 28.2. The van der Waals surface area contributed by atoms with Gasteiger partial charge in [-0.05, 0) is 48.7 Å². The number of fused-ring (bicyclic) bond motifs is 2. The van der Waals surface area contributed by atoms with Gasteiger partial charge in [-0.2, -0.15) is 13.2 Å². The Morgan fingerprint density at radius 1 is 1.10 bits per heavy atom. The second-order valence-corrected chi connectivity index (χ2v) is 9.27. The average molecular weight is 551 g/mol. The minimum Gasteiger partial charge on any atom is -0.475 e. The number of aromatic nitrogens is 4. The molecule has 0 atom stereocenters. The third-order valence-corrected chi connectivity index (χ3v) is 6.72. The van der Waals surface area contributed by atoms with Crippen LogP contribution in [0.1, 0.15) is 24.2 Å². The number of carbonyl (C=O) groups is 2. The van der Waals surface area contributed by atoms with Crippen LogP contribution in [0.4, 0.5) is 22.4 Å². The predicted octanol–water partition coefficient (Wildman–Crippen LogP) is 3.69. The summed E-state index contributed by atoms with van der Waals surface area (Å²) in [5, 5.41) is 16.0. The van der Waals surface area contributed by atoms with Crippen molar-refractivity contribution in [1.29, 1.82) is 0 Å². The largest absolute Gasteiger partial charge is 0.490 e. The summed E-state index contributed by atoms with van der Waals surface area (Å²) >= 11 is 0. The van der Waals surface area contributed by atoms with E-state index in [9.17, 15) is 22.4 Å². The maximum absolute atomic E-state index is 13.5. The molecular weight excluding hydrogens is 524 g/mol. The van der Waals surface area contributed by atoms with Crippen LogP contribution in [0, 0.1) is 5.82 Å². The molecule has 14 heteroatoms. The summed E-state index contributed by atoms with van der Waals surface area (Å²) in [5.41, 5.74) is 1.65. The number of alkyl halides is 3. The van der Waals surface area contributed by atoms with Crippen LogP contribution in [0.25, 0.3) is 11.4 Å². The Hall–Kier alpha value is -4.07. The molecule has 10 nitrogen and oxygen atoms in total. The zero-order valence-electron chi connectivity index (χ0n) is 20.9. The molecular formula is C25H26F4N6O4. The molecule has 5 rings (SSSR count). The van der Waals surface area contributed by atoms with Gasteiger partial charge in [-0.25, -0.2) is 14.0 Å². The lowest BCUT2D eigenvalue weighted by atomic mass is 9.84. The van der Waals surface area contributed by atoms with Gasteiger partial charge in [0.25, 0.3) is 0 Å². The number of hydrogen-bond donors (Lipinski definition) is 1. The highest BCUT2D eigenvalue weighted by molar-refractivity contribution is 5.73. The number of likely N-dealkylation sites (tertiary alicyclic amines) is 1. The Balaban J connectivity index is 0.000000448. The van der Waals surface area contributed by atoms with E-state index in [1.807, 2.05) is 12.3 Å². The number of carbonyl (C=O) groups excluding carboxylic acids is 1. The highest BCUT2D eigenvalue weighted by Gasteiger charge is 2.45. The van der Waals surface area contributed by atoms with E-state index in [0.29, 0.717) is 18.9 Å². The summed E-state index contributed by atoms with van der Waals surface area (Å²) in [4.78, 5) is 29.6. The first-order valence-corrected chi connectivity index (χ1v) is 12.0. The van der Waals surface area contributed by atoms with E-state index in [1.165, 1.54) is 24.8 Å². The first-order chi connectivity index (χ1) is 18.5. The van der Waals surface area contributed by atoms with Gasteiger partial charge < -0.3 is 14.4 Å². The maximum atomic E-state index is 13.5. The third kappa shape index (κ3) is 6.33. The smallest absolute Gasteiger partial charge is 0.475 e. The molecule has 2 aliphatic rings. The standard InChI is InChI=1S/C23H25FN6O2.C2HF3O2/c1-32-22(31)29-15-20-26-27-21(18-4-6-19(24)7-5-18)30(20)23(16-29)8-11-28(12-9-23)14-17-3-2-10-25-13-17;3-2(4,5)1(6)7/h2-7,10,13H,8-9,11-12,14-16H2,1H3;(H,6,7). The van der Waals surface area contributed by atoms with Crippen molar-refractivity contribution in [2.45, 2.75) is 37.6 Å². The van der Waals surface area contributed by atoms with Crippen molar-refractivity contribution in [3.8, 4) is 11.4 Å². The van der Waals surface area contributed by atoms with Crippen molar-refractivity contribution in [2.75, 3.05) is 26.7 Å². The molecule has 1 amide bonds. The lowest BCUT2D eigenvalue weighted by Crippen LogP contribution is -2.57. The van der Waals surface area contributed by atoms with Gasteiger partial charge in [-0.3, -0.25) is 14.8 Å². The van der Waals surface area contributed by atoms with Crippen molar-refractivity contribution >= 4 is 12.1 Å². The molecule has 208 valence electrons. The Labute approximate surface area is 220 Å². The number of piperidine rings is 1. The van der Waals surface area contributed by atoms with E-state index < -0.39 is 12.1 Å². The van der Waals surface area contributed by atoms with Crippen LogP contribution < -0.4 is 0 Å². The lowest BCUT2D eigenvalue weighted by molar-refractivity contribution is -0.192. The van der Waals surface area contributed by atoms with Crippen molar-refractivity contribution < 1.29 is 37.0 Å². The van der Waals surface area contributed by atoms with E-state index in [0.717, 1.165) is 43.9 Å². The topological polar surface area (TPSA) is 114 Å². The Bertz CT molecular complexity index is 1290. The summed E-state index contributed by atoms with van der Waals surface area (Å²) < 4.78 is 52.4. The van der Waals surface area contributed by atoms with E-state index in [2.05, 4.69) is 30.7 Å². The van der Waals surface area contributed by atoms with Crippen molar-refractivity contribution in [2.24, 2.45) is 0 Å². The minimum absolute atomic E-state index is 0.289. The molecule has 0 bridgehead atoms. The summed E-state index contributed by atoms with van der Waals surface area (Å²) in [7, 11) is 1.40. The van der Waals surface area contributed by atoms with Crippen LogP contribution in [0.15, 0.2) is 48.8 Å². The Morgan fingerprint density at radius 2 is 1.77 bits per heavy atom. The molecule has 3 aromatic rings. The fraction of sp³-hybridized carbons (Fsp3) is 0.400. The predicted molar refractivity (Wildman–Crippen MR) is 129 cm³/mol. The number of aliphatic carboxylic acids is 1. The quantitative estimate of drug-likeness (QED) is 0.492. The van der Waals surface area contributed by atoms with Crippen molar-refractivity contribution in [3.63, 3.8) is 0 Å². The molecule has 1 N–H and O–H groups in total. The van der Waals surface area contributed by atoms with Crippen LogP contribution in [-0.2, 0) is 28.2 Å². The molecule has 39 heavy (non-hydrogen) atoms. The molecule has 1 aromatic carbocycles. The molecule has 0 unspecified atom stereocenters. The molecule has 0 radical (unpaired) electrons. The van der Waals surface area contributed by atoms with Crippen LogP contribution in [0.5, 0.6) is 0 Å². The number of pyridine rings is 1. The minimum atomic E-state index is -5.08. The molecule has 0 saturated carbocycles. The SMILES string of the molecule is COC(=O)N1Cc2nnc(-c3ccc(F)cc3)n2C2(CCN(Cc3cccnc3)CC2)C1.O=C(O)C(F)(F)F. The second kappa shape index (κ2) is 11.4. The summed E-state index contributed by atoms with van der Waals surface area (Å²) in [6.45, 7) is 3.43. The summed E-state index contributed by atoms with van der Waals surface area (Å²) in [6.07, 6.45) is -0.100. The van der Waals surface area contributed by atoms with Crippen molar-refractivity contribution in [1.82, 2.24) is 29.5 Å². The zero-order valence-corrected chi connectivity index (χ0v) is 20.9. The molecule has 2 aromatic heterocycles. The number of hydrogen-bond acceptors (Lipinski definition) is 7. The molecule has 1 fully saturated rings. The number of nitrogens with zero attached hydrogens (tertiary/aromatic N) is 6. The molecule has 1 spiro atoms.